The van der Waals surface area contributed by atoms with Crippen molar-refractivity contribution in [3.63, 3.8) is 0 Å². The van der Waals surface area contributed by atoms with Crippen molar-refractivity contribution in [2.24, 2.45) is 5.10 Å². The number of esters is 1. The van der Waals surface area contributed by atoms with Gasteiger partial charge in [0.1, 0.15) is 5.75 Å². The number of hydrogen-bond acceptors (Lipinski definition) is 9. The molecule has 0 spiro atoms. The fourth-order valence-corrected chi connectivity index (χ4v) is 3.37. The predicted molar refractivity (Wildman–Crippen MR) is 141 cm³/mol. The van der Waals surface area contributed by atoms with E-state index in [0.717, 1.165) is 11.1 Å². The number of aryl methyl sites for hydroxylation is 2. The molecule has 10 heteroatoms. The summed E-state index contributed by atoms with van der Waals surface area (Å²) >= 11 is 0. The van der Waals surface area contributed by atoms with Crippen molar-refractivity contribution < 1.29 is 38.0 Å². The van der Waals surface area contributed by atoms with Crippen LogP contribution in [0.2, 0.25) is 0 Å². The Morgan fingerprint density at radius 2 is 1.47 bits per heavy atom. The summed E-state index contributed by atoms with van der Waals surface area (Å²) in [5, 5.41) is 3.95. The Morgan fingerprint density at radius 3 is 2.08 bits per heavy atom. The van der Waals surface area contributed by atoms with Crippen LogP contribution in [-0.4, -0.2) is 53.1 Å². The van der Waals surface area contributed by atoms with Gasteiger partial charge >= 0.3 is 5.97 Å². The summed E-state index contributed by atoms with van der Waals surface area (Å²) in [6.07, 6.45) is 1.43. The molecule has 3 rings (SSSR count). The van der Waals surface area contributed by atoms with E-state index in [0.29, 0.717) is 34.3 Å². The highest BCUT2D eigenvalue weighted by Gasteiger charge is 2.19. The molecule has 0 saturated carbocycles. The van der Waals surface area contributed by atoms with Gasteiger partial charge in [0.05, 0.1) is 40.2 Å². The zero-order chi connectivity index (χ0) is 27.7. The molecule has 10 nitrogen and oxygen atoms in total. The first kappa shape index (κ1) is 27.9. The van der Waals surface area contributed by atoms with Gasteiger partial charge in [0.2, 0.25) is 5.75 Å². The molecule has 0 unspecified atom stereocenters. The lowest BCUT2D eigenvalue weighted by molar-refractivity contribution is -0.123. The average Bonchev–Trinajstić information content (AvgIpc) is 2.93. The second-order valence-corrected chi connectivity index (χ2v) is 8.04. The van der Waals surface area contributed by atoms with Crippen LogP contribution in [0, 0.1) is 13.8 Å². The third-order valence-electron chi connectivity index (χ3n) is 5.54. The number of benzene rings is 3. The quantitative estimate of drug-likeness (QED) is 0.173. The lowest BCUT2D eigenvalue weighted by atomic mass is 10.1. The first-order valence-corrected chi connectivity index (χ1v) is 11.5. The molecule has 0 aromatic heterocycles. The summed E-state index contributed by atoms with van der Waals surface area (Å²) in [5.41, 5.74) is 5.42. The van der Waals surface area contributed by atoms with Crippen LogP contribution in [0.15, 0.2) is 53.6 Å². The summed E-state index contributed by atoms with van der Waals surface area (Å²) in [7, 11) is 5.82. The number of ether oxygens (including phenoxy) is 6. The molecule has 38 heavy (non-hydrogen) atoms. The standard InChI is InChI=1S/C28H30N2O8/c1-17-7-9-21(11-18(17)2)37-16-26(31)30-29-15-19-8-10-22(23(12-19)33-3)38-28(32)20-13-24(34-4)27(36-6)25(14-20)35-5/h7-15H,16H2,1-6H3,(H,30,31)/b29-15+. The van der Waals surface area contributed by atoms with Crippen LogP contribution in [0.1, 0.15) is 27.0 Å². The van der Waals surface area contributed by atoms with E-state index in [9.17, 15) is 9.59 Å². The van der Waals surface area contributed by atoms with E-state index in [1.807, 2.05) is 26.0 Å². The fourth-order valence-electron chi connectivity index (χ4n) is 3.37. The number of methoxy groups -OCH3 is 4. The second-order valence-electron chi connectivity index (χ2n) is 8.04. The molecule has 0 aliphatic carbocycles. The Morgan fingerprint density at radius 1 is 0.789 bits per heavy atom. The average molecular weight is 523 g/mol. The van der Waals surface area contributed by atoms with Crippen molar-refractivity contribution in [2.45, 2.75) is 13.8 Å². The van der Waals surface area contributed by atoms with Gasteiger partial charge in [0.15, 0.2) is 29.6 Å². The molecule has 0 aliphatic rings. The van der Waals surface area contributed by atoms with E-state index in [2.05, 4.69) is 10.5 Å². The number of rotatable bonds is 11. The van der Waals surface area contributed by atoms with E-state index >= 15 is 0 Å². The Bertz CT molecular complexity index is 1310. The molecule has 1 amide bonds. The summed E-state index contributed by atoms with van der Waals surface area (Å²) in [5.74, 6) is 1.01. The van der Waals surface area contributed by atoms with Gasteiger partial charge in [-0.3, -0.25) is 4.79 Å². The molecule has 0 saturated heterocycles. The van der Waals surface area contributed by atoms with Crippen molar-refractivity contribution in [3.05, 3.63) is 70.8 Å². The highest BCUT2D eigenvalue weighted by Crippen LogP contribution is 2.38. The molecule has 200 valence electrons. The van der Waals surface area contributed by atoms with Crippen molar-refractivity contribution in [1.29, 1.82) is 0 Å². The highest BCUT2D eigenvalue weighted by molar-refractivity contribution is 5.93. The van der Waals surface area contributed by atoms with Crippen LogP contribution >= 0.6 is 0 Å². The third-order valence-corrected chi connectivity index (χ3v) is 5.54. The zero-order valence-corrected chi connectivity index (χ0v) is 22.1. The molecule has 3 aromatic carbocycles. The smallest absolute Gasteiger partial charge is 0.343 e. The SMILES string of the molecule is COc1cc(/C=N/NC(=O)COc2ccc(C)c(C)c2)ccc1OC(=O)c1cc(OC)c(OC)c(OC)c1. The van der Waals surface area contributed by atoms with Crippen LogP contribution in [-0.2, 0) is 4.79 Å². The molecule has 0 bridgehead atoms. The lowest BCUT2D eigenvalue weighted by Gasteiger charge is -2.14. The third kappa shape index (κ3) is 6.94. The largest absolute Gasteiger partial charge is 0.493 e. The number of nitrogens with zero attached hydrogens (tertiary/aromatic N) is 1. The molecule has 0 aliphatic heterocycles. The molecular weight excluding hydrogens is 492 g/mol. The normalized spacial score (nSPS) is 10.6. The Labute approximate surface area is 221 Å². The highest BCUT2D eigenvalue weighted by atomic mass is 16.6. The number of carbonyl (C=O) groups is 2. The van der Waals surface area contributed by atoms with Gasteiger partial charge in [-0.2, -0.15) is 5.10 Å². The molecule has 1 N–H and O–H groups in total. The summed E-state index contributed by atoms with van der Waals surface area (Å²) < 4.78 is 32.3. The van der Waals surface area contributed by atoms with E-state index in [1.54, 1.807) is 24.3 Å². The maximum Gasteiger partial charge on any atom is 0.343 e. The zero-order valence-electron chi connectivity index (χ0n) is 22.1. The Balaban J connectivity index is 1.63. The second kappa shape index (κ2) is 13.0. The minimum atomic E-state index is -0.653. The molecular formula is C28H30N2O8. The lowest BCUT2D eigenvalue weighted by Crippen LogP contribution is -2.24. The van der Waals surface area contributed by atoms with Crippen LogP contribution in [0.4, 0.5) is 0 Å². The molecule has 0 atom stereocenters. The minimum absolute atomic E-state index is 0.182. The van der Waals surface area contributed by atoms with Gasteiger partial charge in [-0.15, -0.1) is 0 Å². The van der Waals surface area contributed by atoms with E-state index in [4.69, 9.17) is 28.4 Å². The topological polar surface area (TPSA) is 114 Å². The van der Waals surface area contributed by atoms with E-state index < -0.39 is 11.9 Å². The fraction of sp³-hybridized carbons (Fsp3) is 0.250. The van der Waals surface area contributed by atoms with Gasteiger partial charge in [-0.1, -0.05) is 6.07 Å². The van der Waals surface area contributed by atoms with Crippen LogP contribution < -0.4 is 33.8 Å². The van der Waals surface area contributed by atoms with Gasteiger partial charge in [0, 0.05) is 0 Å². The van der Waals surface area contributed by atoms with Gasteiger partial charge < -0.3 is 28.4 Å². The van der Waals surface area contributed by atoms with Gasteiger partial charge in [0.25, 0.3) is 5.91 Å². The number of hydrogen-bond donors (Lipinski definition) is 1. The first-order chi connectivity index (χ1) is 18.3. The maximum atomic E-state index is 12.8. The number of nitrogens with one attached hydrogen (secondary N) is 1. The van der Waals surface area contributed by atoms with Gasteiger partial charge in [-0.25, -0.2) is 10.2 Å². The van der Waals surface area contributed by atoms with Crippen molar-refractivity contribution in [2.75, 3.05) is 35.0 Å². The number of amides is 1. The summed E-state index contributed by atoms with van der Waals surface area (Å²) in [4.78, 5) is 24.9. The van der Waals surface area contributed by atoms with Gasteiger partial charge in [-0.05, 0) is 73.0 Å². The molecule has 3 aromatic rings. The molecule has 0 heterocycles. The predicted octanol–water partition coefficient (Wildman–Crippen LogP) is 4.09. The maximum absolute atomic E-state index is 12.8. The Hall–Kier alpha value is -4.73. The minimum Gasteiger partial charge on any atom is -0.493 e. The monoisotopic (exact) mass is 522 g/mol. The van der Waals surface area contributed by atoms with Crippen molar-refractivity contribution in [1.82, 2.24) is 5.43 Å². The summed E-state index contributed by atoms with van der Waals surface area (Å²) in [6.45, 7) is 3.79. The van der Waals surface area contributed by atoms with Crippen LogP contribution in [0.25, 0.3) is 0 Å². The summed E-state index contributed by atoms with van der Waals surface area (Å²) in [6, 6.07) is 13.4. The number of hydrazone groups is 1. The number of carbonyl (C=O) groups excluding carboxylic acids is 2. The van der Waals surface area contributed by atoms with Crippen molar-refractivity contribution in [3.8, 4) is 34.5 Å². The first-order valence-electron chi connectivity index (χ1n) is 11.5. The van der Waals surface area contributed by atoms with Crippen LogP contribution in [0.3, 0.4) is 0 Å². The molecule has 0 fully saturated rings. The molecule has 0 radical (unpaired) electrons. The van der Waals surface area contributed by atoms with E-state index in [1.165, 1.54) is 46.8 Å². The Kier molecular flexibility index (Phi) is 9.53. The van der Waals surface area contributed by atoms with Crippen molar-refractivity contribution >= 4 is 18.1 Å². The van der Waals surface area contributed by atoms with Crippen LogP contribution in [0.5, 0.6) is 34.5 Å². The van der Waals surface area contributed by atoms with E-state index in [-0.39, 0.29) is 17.9 Å².